The molecule has 4 aromatic heterocycles. The zero-order valence-corrected chi connectivity index (χ0v) is 35.8. The molecule has 10 aromatic carbocycles. The molecule has 302 valence electrons. The lowest BCUT2D eigenvalue weighted by Gasteiger charge is -2.10. The van der Waals surface area contributed by atoms with Crippen molar-refractivity contribution in [1.29, 1.82) is 0 Å². The standard InChI is InChI=1S/C61H36N2OS/c64-61-48-21-8-7-19-46(48)51-34-43(38-15-5-2-6-16-38)35-52-50-33-42(26-29-56(50)63(61)60(51)52)45-22-12-24-58-59(45)53-36-44(27-30-57(53)65-58)62-54-23-10-9-20-47(54)49-32-41(25-28-55(49)62)40-18-11-17-39(31-40)37-13-3-1-4-14-37/h1-36H. The van der Waals surface area contributed by atoms with Gasteiger partial charge in [0.2, 0.25) is 0 Å². The van der Waals surface area contributed by atoms with Crippen LogP contribution in [0.1, 0.15) is 0 Å². The van der Waals surface area contributed by atoms with Crippen LogP contribution >= 0.6 is 11.3 Å². The van der Waals surface area contributed by atoms with E-state index >= 15 is 0 Å². The van der Waals surface area contributed by atoms with Gasteiger partial charge in [0.15, 0.2) is 0 Å². The van der Waals surface area contributed by atoms with E-state index in [0.717, 1.165) is 60.3 Å². The summed E-state index contributed by atoms with van der Waals surface area (Å²) in [6, 6.07) is 78.7. The van der Waals surface area contributed by atoms with E-state index in [1.165, 1.54) is 69.8 Å². The van der Waals surface area contributed by atoms with Crippen molar-refractivity contribution in [2.24, 2.45) is 0 Å². The smallest absolute Gasteiger partial charge is 0.263 e. The van der Waals surface area contributed by atoms with E-state index in [4.69, 9.17) is 0 Å². The lowest BCUT2D eigenvalue weighted by Crippen LogP contribution is -2.12. The normalized spacial score (nSPS) is 12.1. The summed E-state index contributed by atoms with van der Waals surface area (Å²) in [6.45, 7) is 0. The number of pyridine rings is 1. The predicted molar refractivity (Wildman–Crippen MR) is 276 cm³/mol. The predicted octanol–water partition coefficient (Wildman–Crippen LogP) is 16.3. The number of aromatic nitrogens is 2. The zero-order chi connectivity index (χ0) is 42.8. The molecule has 3 nitrogen and oxygen atoms in total. The summed E-state index contributed by atoms with van der Waals surface area (Å²) in [4.78, 5) is 14.4. The van der Waals surface area contributed by atoms with E-state index < -0.39 is 0 Å². The average molecular weight is 845 g/mol. The molecule has 4 heterocycles. The molecule has 0 bridgehead atoms. The van der Waals surface area contributed by atoms with Crippen LogP contribution in [0.2, 0.25) is 0 Å². The molecule has 4 heteroatoms. The molecule has 0 aliphatic rings. The van der Waals surface area contributed by atoms with Crippen molar-refractivity contribution in [1.82, 2.24) is 8.97 Å². The second-order valence-electron chi connectivity index (χ2n) is 17.2. The lowest BCUT2D eigenvalue weighted by molar-refractivity contribution is 1.19. The minimum atomic E-state index is 0.0188. The fourth-order valence-corrected chi connectivity index (χ4v) is 11.8. The number of benzene rings is 10. The number of rotatable bonds is 5. The van der Waals surface area contributed by atoms with E-state index in [9.17, 15) is 4.79 Å². The molecule has 14 aromatic rings. The zero-order valence-electron chi connectivity index (χ0n) is 35.0. The number of nitrogens with zero attached hydrogens (tertiary/aromatic N) is 2. The first-order chi connectivity index (χ1) is 32.1. The fraction of sp³-hybridized carbons (Fsp3) is 0. The maximum absolute atomic E-state index is 14.4. The topological polar surface area (TPSA) is 26.4 Å². The fourth-order valence-electron chi connectivity index (χ4n) is 10.7. The van der Waals surface area contributed by atoms with Crippen LogP contribution in [-0.4, -0.2) is 8.97 Å². The number of para-hydroxylation sites is 1. The summed E-state index contributed by atoms with van der Waals surface area (Å²) in [5.41, 5.74) is 14.8. The van der Waals surface area contributed by atoms with E-state index in [1.54, 1.807) is 0 Å². The first-order valence-electron chi connectivity index (χ1n) is 22.1. The Kier molecular flexibility index (Phi) is 7.71. The van der Waals surface area contributed by atoms with Crippen molar-refractivity contribution >= 4 is 91.3 Å². The summed E-state index contributed by atoms with van der Waals surface area (Å²) in [5, 5.41) is 9.91. The second-order valence-corrected chi connectivity index (χ2v) is 18.3. The molecule has 0 atom stereocenters. The Bertz CT molecular complexity index is 4310. The Labute approximate surface area is 377 Å². The van der Waals surface area contributed by atoms with Crippen LogP contribution in [0.15, 0.2) is 223 Å². The maximum Gasteiger partial charge on any atom is 0.263 e. The van der Waals surface area contributed by atoms with Crippen molar-refractivity contribution in [3.05, 3.63) is 229 Å². The highest BCUT2D eigenvalue weighted by Crippen LogP contribution is 2.45. The van der Waals surface area contributed by atoms with E-state index in [1.807, 2.05) is 33.9 Å². The van der Waals surface area contributed by atoms with Gasteiger partial charge in [-0.15, -0.1) is 11.3 Å². The second kappa shape index (κ2) is 13.8. The largest absolute Gasteiger partial charge is 0.309 e. The molecule has 0 saturated heterocycles. The molecule has 0 fully saturated rings. The number of fused-ring (bicyclic) bond motifs is 11. The monoisotopic (exact) mass is 844 g/mol. The number of hydrogen-bond donors (Lipinski definition) is 0. The van der Waals surface area contributed by atoms with Crippen LogP contribution in [0, 0.1) is 0 Å². The van der Waals surface area contributed by atoms with E-state index in [0.29, 0.717) is 0 Å². The molecular weight excluding hydrogens is 809 g/mol. The van der Waals surface area contributed by atoms with Gasteiger partial charge in [-0.2, -0.15) is 0 Å². The minimum absolute atomic E-state index is 0.0188. The van der Waals surface area contributed by atoms with E-state index in [-0.39, 0.29) is 5.56 Å². The van der Waals surface area contributed by atoms with E-state index in [2.05, 4.69) is 205 Å². The van der Waals surface area contributed by atoms with Gasteiger partial charge in [-0.3, -0.25) is 9.20 Å². The molecule has 0 amide bonds. The highest BCUT2D eigenvalue weighted by molar-refractivity contribution is 7.26. The Morgan fingerprint density at radius 1 is 0.323 bits per heavy atom. The maximum atomic E-state index is 14.4. The molecular formula is C61H36N2OS. The van der Waals surface area contributed by atoms with Gasteiger partial charge < -0.3 is 4.57 Å². The Balaban J connectivity index is 0.957. The SMILES string of the molecule is O=c1c2ccccc2c2cc(-c3ccccc3)cc3c4cc(-c5cccc6sc7ccc(-n8c9ccccc9c9cc(-c%10cccc(-c%11ccccc%11)c%10)ccc98)cc7c56)ccc4n1c23. The van der Waals surface area contributed by atoms with Crippen LogP contribution in [0.4, 0.5) is 0 Å². The Morgan fingerprint density at radius 3 is 1.71 bits per heavy atom. The quantitative estimate of drug-likeness (QED) is 0.159. The van der Waals surface area contributed by atoms with Crippen molar-refractivity contribution in [2.45, 2.75) is 0 Å². The number of thiophene rings is 1. The highest BCUT2D eigenvalue weighted by atomic mass is 32.1. The lowest BCUT2D eigenvalue weighted by atomic mass is 9.96. The van der Waals surface area contributed by atoms with Gasteiger partial charge in [0.25, 0.3) is 5.56 Å². The van der Waals surface area contributed by atoms with Gasteiger partial charge >= 0.3 is 0 Å². The summed E-state index contributed by atoms with van der Waals surface area (Å²) in [6.07, 6.45) is 0. The van der Waals surface area contributed by atoms with Crippen LogP contribution in [0.5, 0.6) is 0 Å². The van der Waals surface area contributed by atoms with Gasteiger partial charge in [-0.1, -0.05) is 140 Å². The summed E-state index contributed by atoms with van der Waals surface area (Å²) in [7, 11) is 0. The molecule has 0 radical (unpaired) electrons. The molecule has 0 aliphatic heterocycles. The van der Waals surface area contributed by atoms with Crippen molar-refractivity contribution in [3.8, 4) is 50.2 Å². The van der Waals surface area contributed by atoms with Gasteiger partial charge in [-0.05, 0) is 129 Å². The van der Waals surface area contributed by atoms with Gasteiger partial charge in [0, 0.05) is 58.2 Å². The third-order valence-electron chi connectivity index (χ3n) is 13.6. The first-order valence-corrected chi connectivity index (χ1v) is 22.9. The Hall–Kier alpha value is -8.31. The molecule has 0 aliphatic carbocycles. The van der Waals surface area contributed by atoms with Crippen LogP contribution < -0.4 is 5.56 Å². The van der Waals surface area contributed by atoms with Crippen LogP contribution in [0.25, 0.3) is 130 Å². The molecule has 0 saturated carbocycles. The first kappa shape index (κ1) is 36.2. The van der Waals surface area contributed by atoms with Gasteiger partial charge in [0.1, 0.15) is 0 Å². The highest BCUT2D eigenvalue weighted by Gasteiger charge is 2.21. The Morgan fingerprint density at radius 2 is 0.892 bits per heavy atom. The summed E-state index contributed by atoms with van der Waals surface area (Å²) in [5.74, 6) is 0. The van der Waals surface area contributed by atoms with Crippen LogP contribution in [-0.2, 0) is 0 Å². The molecule has 0 spiro atoms. The molecule has 0 N–H and O–H groups in total. The van der Waals surface area contributed by atoms with Crippen molar-refractivity contribution < 1.29 is 0 Å². The summed E-state index contributed by atoms with van der Waals surface area (Å²) >= 11 is 1.84. The van der Waals surface area contributed by atoms with Crippen LogP contribution in [0.3, 0.4) is 0 Å². The minimum Gasteiger partial charge on any atom is -0.309 e. The van der Waals surface area contributed by atoms with Gasteiger partial charge in [0.05, 0.1) is 22.1 Å². The molecule has 65 heavy (non-hydrogen) atoms. The van der Waals surface area contributed by atoms with Crippen molar-refractivity contribution in [3.63, 3.8) is 0 Å². The average Bonchev–Trinajstić information content (AvgIpc) is 4.03. The third kappa shape index (κ3) is 5.38. The van der Waals surface area contributed by atoms with Gasteiger partial charge in [-0.25, -0.2) is 0 Å². The molecule has 14 rings (SSSR count). The third-order valence-corrected chi connectivity index (χ3v) is 14.8. The number of hydrogen-bond acceptors (Lipinski definition) is 2. The molecule has 0 unspecified atom stereocenters. The van der Waals surface area contributed by atoms with Crippen molar-refractivity contribution in [2.75, 3.05) is 0 Å². The summed E-state index contributed by atoms with van der Waals surface area (Å²) < 4.78 is 6.88.